The summed E-state index contributed by atoms with van der Waals surface area (Å²) < 4.78 is 2.04. The minimum absolute atomic E-state index is 0.0767. The lowest BCUT2D eigenvalue weighted by atomic mass is 9.99. The summed E-state index contributed by atoms with van der Waals surface area (Å²) in [5.41, 5.74) is 4.82. The monoisotopic (exact) mass is 336 g/mol. The maximum atomic E-state index is 12.3. The topological polar surface area (TPSA) is 70.7 Å². The fraction of sp³-hybridized carbons (Fsp3) is 0.167. The first-order valence-corrected chi connectivity index (χ1v) is 7.95. The summed E-state index contributed by atoms with van der Waals surface area (Å²) in [7, 11) is 0. The van der Waals surface area contributed by atoms with Gasteiger partial charge >= 0.3 is 0 Å². The van der Waals surface area contributed by atoms with Crippen LogP contribution >= 0.6 is 11.6 Å². The second kappa shape index (κ2) is 5.36. The first-order chi connectivity index (χ1) is 11.6. The van der Waals surface area contributed by atoms with Gasteiger partial charge in [0.05, 0.1) is 17.1 Å². The maximum Gasteiger partial charge on any atom is 0.268 e. The van der Waals surface area contributed by atoms with E-state index in [0.717, 1.165) is 27.6 Å². The van der Waals surface area contributed by atoms with Crippen LogP contribution in [0.1, 0.15) is 21.6 Å². The van der Waals surface area contributed by atoms with Gasteiger partial charge in [0.2, 0.25) is 0 Å². The molecule has 3 heterocycles. The van der Waals surface area contributed by atoms with Gasteiger partial charge in [-0.05, 0) is 42.3 Å². The summed E-state index contributed by atoms with van der Waals surface area (Å²) in [4.78, 5) is 16.3. The van der Waals surface area contributed by atoms with Crippen molar-refractivity contribution in [2.75, 3.05) is 6.54 Å². The zero-order chi connectivity index (χ0) is 16.8. The largest absolute Gasteiger partial charge is 0.349 e. The number of nitriles is 1. The number of aromatic nitrogens is 2. The smallest absolute Gasteiger partial charge is 0.268 e. The van der Waals surface area contributed by atoms with Gasteiger partial charge in [0.25, 0.3) is 5.91 Å². The van der Waals surface area contributed by atoms with Gasteiger partial charge in [-0.2, -0.15) is 5.26 Å². The molecule has 0 radical (unpaired) electrons. The fourth-order valence-electron chi connectivity index (χ4n) is 3.39. The van der Waals surface area contributed by atoms with E-state index < -0.39 is 0 Å². The highest BCUT2D eigenvalue weighted by Crippen LogP contribution is 2.36. The van der Waals surface area contributed by atoms with E-state index in [-0.39, 0.29) is 5.91 Å². The van der Waals surface area contributed by atoms with Gasteiger partial charge in [-0.25, -0.2) is 4.98 Å². The highest BCUT2D eigenvalue weighted by Gasteiger charge is 2.25. The summed E-state index contributed by atoms with van der Waals surface area (Å²) in [6.45, 7) is 3.21. The lowest BCUT2D eigenvalue weighted by Gasteiger charge is -2.18. The van der Waals surface area contributed by atoms with E-state index in [9.17, 15) is 10.1 Å². The number of carbonyl (C=O) groups is 1. The molecule has 0 bridgehead atoms. The Morgan fingerprint density at radius 2 is 2.21 bits per heavy atom. The van der Waals surface area contributed by atoms with Crippen LogP contribution in [0.15, 0.2) is 30.5 Å². The molecule has 0 aliphatic carbocycles. The number of pyridine rings is 1. The molecule has 24 heavy (non-hydrogen) atoms. The Morgan fingerprint density at radius 1 is 1.38 bits per heavy atom. The van der Waals surface area contributed by atoms with Crippen molar-refractivity contribution in [2.24, 2.45) is 0 Å². The van der Waals surface area contributed by atoms with E-state index in [1.54, 1.807) is 12.3 Å². The summed E-state index contributed by atoms with van der Waals surface area (Å²) in [6.07, 6.45) is 1.64. The average molecular weight is 337 g/mol. The van der Waals surface area contributed by atoms with Crippen LogP contribution in [0.4, 0.5) is 0 Å². The van der Waals surface area contributed by atoms with Gasteiger partial charge in [-0.15, -0.1) is 0 Å². The van der Waals surface area contributed by atoms with Gasteiger partial charge < -0.3 is 9.88 Å². The minimum atomic E-state index is -0.0767. The zero-order valence-corrected chi connectivity index (χ0v) is 13.7. The van der Waals surface area contributed by atoms with Crippen LogP contribution in [0.25, 0.3) is 22.0 Å². The molecule has 0 saturated heterocycles. The van der Waals surface area contributed by atoms with Gasteiger partial charge in [-0.3, -0.25) is 4.79 Å². The van der Waals surface area contributed by atoms with E-state index in [0.29, 0.717) is 29.5 Å². The summed E-state index contributed by atoms with van der Waals surface area (Å²) in [6, 6.07) is 9.52. The molecule has 118 valence electrons. The fourth-order valence-corrected chi connectivity index (χ4v) is 3.56. The molecular weight excluding hydrogens is 324 g/mol. The van der Waals surface area contributed by atoms with Crippen LogP contribution in [-0.2, 0) is 6.54 Å². The van der Waals surface area contributed by atoms with Crippen LogP contribution in [0.2, 0.25) is 5.15 Å². The molecule has 1 aliphatic heterocycles. The van der Waals surface area contributed by atoms with E-state index in [4.69, 9.17) is 11.6 Å². The van der Waals surface area contributed by atoms with Crippen molar-refractivity contribution in [3.05, 3.63) is 52.4 Å². The standard InChI is InChI=1S/C18H13ClN4O/c1-10-13-6-11(9-20)7-14(12-2-3-21-15(19)8-12)17(13)23-5-4-22-18(24)16(10)23/h2-3,6-8H,4-5H2,1H3,(H,22,24). The van der Waals surface area contributed by atoms with Gasteiger partial charge in [-0.1, -0.05) is 11.6 Å². The Balaban J connectivity index is 2.15. The van der Waals surface area contributed by atoms with Crippen molar-refractivity contribution in [1.82, 2.24) is 14.9 Å². The lowest BCUT2D eigenvalue weighted by Crippen LogP contribution is -2.35. The third kappa shape index (κ3) is 2.08. The highest BCUT2D eigenvalue weighted by molar-refractivity contribution is 6.29. The molecule has 0 unspecified atom stereocenters. The van der Waals surface area contributed by atoms with E-state index >= 15 is 0 Å². The first-order valence-electron chi connectivity index (χ1n) is 7.57. The van der Waals surface area contributed by atoms with Crippen molar-refractivity contribution in [3.63, 3.8) is 0 Å². The van der Waals surface area contributed by atoms with Crippen molar-refractivity contribution < 1.29 is 4.79 Å². The summed E-state index contributed by atoms with van der Waals surface area (Å²) in [5, 5.41) is 13.6. The van der Waals surface area contributed by atoms with Crippen LogP contribution < -0.4 is 5.32 Å². The number of hydrogen-bond acceptors (Lipinski definition) is 3. The number of hydrogen-bond donors (Lipinski definition) is 1. The number of fused-ring (bicyclic) bond motifs is 3. The molecular formula is C18H13ClN4O. The molecule has 5 nitrogen and oxygen atoms in total. The molecule has 1 aliphatic rings. The number of rotatable bonds is 1. The average Bonchev–Trinajstić information content (AvgIpc) is 2.88. The minimum Gasteiger partial charge on any atom is -0.349 e. The van der Waals surface area contributed by atoms with Crippen LogP contribution in [-0.4, -0.2) is 22.0 Å². The number of halogens is 1. The predicted octanol–water partition coefficient (Wildman–Crippen LogP) is 3.28. The predicted molar refractivity (Wildman–Crippen MR) is 92.0 cm³/mol. The molecule has 1 N–H and O–H groups in total. The molecule has 1 aromatic carbocycles. The normalized spacial score (nSPS) is 13.5. The Labute approximate surface area is 143 Å². The van der Waals surface area contributed by atoms with E-state index in [1.807, 2.05) is 29.7 Å². The Bertz CT molecular complexity index is 1050. The maximum absolute atomic E-state index is 12.3. The number of nitrogens with one attached hydrogen (secondary N) is 1. The van der Waals surface area contributed by atoms with Crippen LogP contribution in [0.3, 0.4) is 0 Å². The van der Waals surface area contributed by atoms with E-state index in [1.165, 1.54) is 0 Å². The number of amides is 1. The lowest BCUT2D eigenvalue weighted by molar-refractivity contribution is 0.0928. The third-order valence-electron chi connectivity index (χ3n) is 4.41. The van der Waals surface area contributed by atoms with Crippen molar-refractivity contribution in [3.8, 4) is 17.2 Å². The Morgan fingerprint density at radius 3 is 2.96 bits per heavy atom. The second-order valence-electron chi connectivity index (χ2n) is 5.78. The molecule has 0 saturated carbocycles. The Hall–Kier alpha value is -2.84. The molecule has 3 aromatic rings. The number of aryl methyl sites for hydroxylation is 1. The molecule has 2 aromatic heterocycles. The number of carbonyl (C=O) groups excluding carboxylic acids is 1. The highest BCUT2D eigenvalue weighted by atomic mass is 35.5. The van der Waals surface area contributed by atoms with Crippen LogP contribution in [0, 0.1) is 18.3 Å². The number of benzene rings is 1. The molecule has 0 spiro atoms. The van der Waals surface area contributed by atoms with Crippen molar-refractivity contribution >= 4 is 28.4 Å². The molecule has 0 atom stereocenters. The van der Waals surface area contributed by atoms with Gasteiger partial charge in [0.1, 0.15) is 10.8 Å². The third-order valence-corrected chi connectivity index (χ3v) is 4.62. The van der Waals surface area contributed by atoms with Crippen LogP contribution in [0.5, 0.6) is 0 Å². The molecule has 0 fully saturated rings. The number of nitrogens with zero attached hydrogens (tertiary/aromatic N) is 3. The Kier molecular flexibility index (Phi) is 3.29. The van der Waals surface area contributed by atoms with Crippen molar-refractivity contribution in [2.45, 2.75) is 13.5 Å². The van der Waals surface area contributed by atoms with Gasteiger partial charge in [0, 0.05) is 30.2 Å². The second-order valence-corrected chi connectivity index (χ2v) is 6.17. The zero-order valence-electron chi connectivity index (χ0n) is 12.9. The first kappa shape index (κ1) is 14.7. The van der Waals surface area contributed by atoms with Gasteiger partial charge in [0.15, 0.2) is 0 Å². The summed E-state index contributed by atoms with van der Waals surface area (Å²) >= 11 is 6.04. The molecule has 1 amide bonds. The SMILES string of the molecule is Cc1c2n(c3c(-c4ccnc(Cl)c4)cc(C#N)cc13)CCNC2=O. The van der Waals surface area contributed by atoms with Crippen molar-refractivity contribution in [1.29, 1.82) is 5.26 Å². The quantitative estimate of drug-likeness (QED) is 0.693. The molecule has 6 heteroatoms. The summed E-state index contributed by atoms with van der Waals surface area (Å²) in [5.74, 6) is -0.0767. The van der Waals surface area contributed by atoms with E-state index in [2.05, 4.69) is 16.4 Å². The molecule has 4 rings (SSSR count).